The van der Waals surface area contributed by atoms with Crippen LogP contribution in [0.15, 0.2) is 18.2 Å². The Balaban J connectivity index is 1.84. The molecule has 0 bridgehead atoms. The lowest BCUT2D eigenvalue weighted by Gasteiger charge is -2.25. The maximum atomic E-state index is 13.5. The van der Waals surface area contributed by atoms with E-state index in [0.717, 1.165) is 12.5 Å². The van der Waals surface area contributed by atoms with Crippen molar-refractivity contribution < 1.29 is 13.6 Å². The van der Waals surface area contributed by atoms with Gasteiger partial charge in [0, 0.05) is 18.1 Å². The van der Waals surface area contributed by atoms with Crippen molar-refractivity contribution in [2.75, 3.05) is 0 Å². The predicted octanol–water partition coefficient (Wildman–Crippen LogP) is 3.72. The lowest BCUT2D eigenvalue weighted by Crippen LogP contribution is -2.28. The molecule has 0 spiro atoms. The minimum absolute atomic E-state index is 0.0666. The molecule has 0 radical (unpaired) electrons. The monoisotopic (exact) mass is 267 g/mol. The van der Waals surface area contributed by atoms with E-state index in [1.807, 2.05) is 0 Å². The summed E-state index contributed by atoms with van der Waals surface area (Å²) in [5.74, 6) is -0.608. The van der Waals surface area contributed by atoms with E-state index in [4.69, 9.17) is 0 Å². The summed E-state index contributed by atoms with van der Waals surface area (Å²) >= 11 is 0. The van der Waals surface area contributed by atoms with Gasteiger partial charge in [0.25, 0.3) is 0 Å². The number of nitrogens with one attached hydrogen (secondary N) is 1. The molecular weight excluding hydrogens is 248 g/mol. The third-order valence-corrected chi connectivity index (χ3v) is 3.81. The number of carbonyl (C=O) groups excluding carboxylic acids is 1. The molecule has 1 amide bonds. The van der Waals surface area contributed by atoms with Crippen molar-refractivity contribution in [2.45, 2.75) is 45.1 Å². The Kier molecular flexibility index (Phi) is 4.51. The van der Waals surface area contributed by atoms with Crippen LogP contribution in [0.25, 0.3) is 0 Å². The first kappa shape index (κ1) is 14.0. The zero-order valence-electron chi connectivity index (χ0n) is 11.1. The van der Waals surface area contributed by atoms with Crippen LogP contribution in [0.1, 0.15) is 50.6 Å². The van der Waals surface area contributed by atoms with E-state index in [1.165, 1.54) is 31.4 Å². The van der Waals surface area contributed by atoms with Gasteiger partial charge in [0.05, 0.1) is 6.04 Å². The quantitative estimate of drug-likeness (QED) is 0.865. The average molecular weight is 267 g/mol. The summed E-state index contributed by atoms with van der Waals surface area (Å²) in [6, 6.07) is 2.98. The summed E-state index contributed by atoms with van der Waals surface area (Å²) in [7, 11) is 0. The van der Waals surface area contributed by atoms with Crippen LogP contribution in [0.3, 0.4) is 0 Å². The standard InChI is InChI=1S/C15H19F2NO/c1-10(13-7-6-12(16)9-14(13)17)18-15(19)8-5-11-3-2-4-11/h6-7,9-11H,2-5,8H2,1H3,(H,18,19)/t10-/m0/s1. The molecule has 19 heavy (non-hydrogen) atoms. The zero-order valence-corrected chi connectivity index (χ0v) is 11.1. The molecule has 1 saturated carbocycles. The highest BCUT2D eigenvalue weighted by Gasteiger charge is 2.19. The van der Waals surface area contributed by atoms with Crippen molar-refractivity contribution in [1.82, 2.24) is 5.32 Å². The molecule has 1 fully saturated rings. The smallest absolute Gasteiger partial charge is 0.220 e. The number of hydrogen-bond donors (Lipinski definition) is 1. The first-order valence-corrected chi connectivity index (χ1v) is 6.80. The Bertz CT molecular complexity index is 457. The summed E-state index contributed by atoms with van der Waals surface area (Å²) in [6.07, 6.45) is 5.09. The summed E-state index contributed by atoms with van der Waals surface area (Å²) in [6.45, 7) is 1.71. The fourth-order valence-corrected chi connectivity index (χ4v) is 2.36. The molecule has 0 aliphatic heterocycles. The van der Waals surface area contributed by atoms with Gasteiger partial charge in [-0.15, -0.1) is 0 Å². The third-order valence-electron chi connectivity index (χ3n) is 3.81. The van der Waals surface area contributed by atoms with Gasteiger partial charge in [-0.25, -0.2) is 8.78 Å². The normalized spacial score (nSPS) is 16.8. The largest absolute Gasteiger partial charge is 0.349 e. The van der Waals surface area contributed by atoms with Gasteiger partial charge >= 0.3 is 0 Å². The summed E-state index contributed by atoms with van der Waals surface area (Å²) in [5.41, 5.74) is 0.318. The number of amides is 1. The Morgan fingerprint density at radius 1 is 1.42 bits per heavy atom. The molecule has 0 aromatic heterocycles. The van der Waals surface area contributed by atoms with Crippen LogP contribution in [0.4, 0.5) is 8.78 Å². The van der Waals surface area contributed by atoms with E-state index in [0.29, 0.717) is 17.9 Å². The molecule has 0 unspecified atom stereocenters. The average Bonchev–Trinajstić information content (AvgIpc) is 2.26. The van der Waals surface area contributed by atoms with Crippen LogP contribution in [-0.4, -0.2) is 5.91 Å². The Morgan fingerprint density at radius 2 is 2.16 bits per heavy atom. The fraction of sp³-hybridized carbons (Fsp3) is 0.533. The lowest BCUT2D eigenvalue weighted by atomic mass is 9.82. The SMILES string of the molecule is C[C@H](NC(=O)CCC1CCC1)c1ccc(F)cc1F. The van der Waals surface area contributed by atoms with Gasteiger partial charge < -0.3 is 5.32 Å². The maximum Gasteiger partial charge on any atom is 0.220 e. The summed E-state index contributed by atoms with van der Waals surface area (Å²) < 4.78 is 26.3. The molecule has 1 aliphatic carbocycles. The van der Waals surface area contributed by atoms with Crippen molar-refractivity contribution in [3.05, 3.63) is 35.4 Å². The highest BCUT2D eigenvalue weighted by Crippen LogP contribution is 2.30. The number of benzene rings is 1. The van der Waals surface area contributed by atoms with Gasteiger partial charge in [-0.2, -0.15) is 0 Å². The molecule has 1 atom stereocenters. The molecule has 0 heterocycles. The Morgan fingerprint density at radius 3 is 2.74 bits per heavy atom. The van der Waals surface area contributed by atoms with Crippen LogP contribution >= 0.6 is 0 Å². The topological polar surface area (TPSA) is 29.1 Å². The van der Waals surface area contributed by atoms with Crippen LogP contribution in [0, 0.1) is 17.6 Å². The molecule has 1 aromatic carbocycles. The minimum atomic E-state index is -0.619. The second kappa shape index (κ2) is 6.13. The first-order valence-electron chi connectivity index (χ1n) is 6.80. The molecule has 1 aromatic rings. The molecule has 2 rings (SSSR count). The molecule has 0 saturated heterocycles. The van der Waals surface area contributed by atoms with E-state index in [1.54, 1.807) is 6.92 Å². The maximum absolute atomic E-state index is 13.5. The molecular formula is C15H19F2NO. The van der Waals surface area contributed by atoms with Crippen LogP contribution < -0.4 is 5.32 Å². The van der Waals surface area contributed by atoms with Crippen LogP contribution in [0.5, 0.6) is 0 Å². The van der Waals surface area contributed by atoms with E-state index in [2.05, 4.69) is 5.32 Å². The van der Waals surface area contributed by atoms with Crippen molar-refractivity contribution >= 4 is 5.91 Å². The van der Waals surface area contributed by atoms with Crippen molar-refractivity contribution in [3.63, 3.8) is 0 Å². The lowest BCUT2D eigenvalue weighted by molar-refractivity contribution is -0.122. The second-order valence-electron chi connectivity index (χ2n) is 5.29. The van der Waals surface area contributed by atoms with E-state index in [9.17, 15) is 13.6 Å². The molecule has 104 valence electrons. The zero-order chi connectivity index (χ0) is 13.8. The highest BCUT2D eigenvalue weighted by molar-refractivity contribution is 5.76. The number of hydrogen-bond acceptors (Lipinski definition) is 1. The van der Waals surface area contributed by atoms with Crippen molar-refractivity contribution in [3.8, 4) is 0 Å². The van der Waals surface area contributed by atoms with Gasteiger partial charge in [0.1, 0.15) is 11.6 Å². The molecule has 2 nitrogen and oxygen atoms in total. The first-order chi connectivity index (χ1) is 9.06. The molecule has 1 N–H and O–H groups in total. The Labute approximate surface area is 112 Å². The summed E-state index contributed by atoms with van der Waals surface area (Å²) in [5, 5.41) is 2.76. The van der Waals surface area contributed by atoms with E-state index < -0.39 is 17.7 Å². The second-order valence-corrected chi connectivity index (χ2v) is 5.29. The third kappa shape index (κ3) is 3.75. The summed E-state index contributed by atoms with van der Waals surface area (Å²) in [4.78, 5) is 11.7. The predicted molar refractivity (Wildman–Crippen MR) is 69.5 cm³/mol. The number of halogens is 2. The minimum Gasteiger partial charge on any atom is -0.349 e. The van der Waals surface area contributed by atoms with Gasteiger partial charge in [-0.3, -0.25) is 4.79 Å². The van der Waals surface area contributed by atoms with Gasteiger partial charge in [-0.05, 0) is 25.3 Å². The fourth-order valence-electron chi connectivity index (χ4n) is 2.36. The number of rotatable bonds is 5. The molecule has 4 heteroatoms. The van der Waals surface area contributed by atoms with Crippen molar-refractivity contribution in [1.29, 1.82) is 0 Å². The number of carbonyl (C=O) groups is 1. The van der Waals surface area contributed by atoms with Gasteiger partial charge in [0.15, 0.2) is 0 Å². The van der Waals surface area contributed by atoms with Gasteiger partial charge in [0.2, 0.25) is 5.91 Å². The van der Waals surface area contributed by atoms with Crippen LogP contribution in [-0.2, 0) is 4.79 Å². The van der Waals surface area contributed by atoms with Crippen molar-refractivity contribution in [2.24, 2.45) is 5.92 Å². The molecule has 1 aliphatic rings. The van der Waals surface area contributed by atoms with Gasteiger partial charge in [-0.1, -0.05) is 25.3 Å². The van der Waals surface area contributed by atoms with E-state index in [-0.39, 0.29) is 5.91 Å². The highest BCUT2D eigenvalue weighted by atomic mass is 19.1. The van der Waals surface area contributed by atoms with E-state index >= 15 is 0 Å². The van der Waals surface area contributed by atoms with Crippen LogP contribution in [0.2, 0.25) is 0 Å². The Hall–Kier alpha value is -1.45.